The summed E-state index contributed by atoms with van der Waals surface area (Å²) < 4.78 is 8.66. The summed E-state index contributed by atoms with van der Waals surface area (Å²) in [5, 5.41) is 9.18. The van der Waals surface area contributed by atoms with E-state index in [4.69, 9.17) is 4.74 Å². The topological polar surface area (TPSA) is 74.8 Å². The predicted molar refractivity (Wildman–Crippen MR) is 76.1 cm³/mol. The minimum atomic E-state index is -0.455. The van der Waals surface area contributed by atoms with E-state index in [2.05, 4.69) is 15.2 Å². The van der Waals surface area contributed by atoms with Gasteiger partial charge in [0.2, 0.25) is 0 Å². The van der Waals surface area contributed by atoms with Gasteiger partial charge < -0.3 is 4.74 Å². The highest BCUT2D eigenvalue weighted by atomic mass is 16.5. The molecule has 3 aromatic heterocycles. The fourth-order valence-electron chi connectivity index (χ4n) is 2.16. The van der Waals surface area contributed by atoms with Gasteiger partial charge in [-0.05, 0) is 19.9 Å². The van der Waals surface area contributed by atoms with Crippen molar-refractivity contribution in [1.29, 1.82) is 0 Å². The number of esters is 1. The minimum absolute atomic E-state index is 0.392. The van der Waals surface area contributed by atoms with Crippen molar-refractivity contribution in [2.75, 3.05) is 0 Å². The third kappa shape index (κ3) is 2.37. The molecule has 0 unspecified atom stereocenters. The quantitative estimate of drug-likeness (QED) is 0.685. The van der Waals surface area contributed by atoms with Crippen molar-refractivity contribution in [1.82, 2.24) is 24.5 Å². The Balaban J connectivity index is 1.89. The molecule has 0 aliphatic carbocycles. The Hall–Kier alpha value is -2.70. The summed E-state index contributed by atoms with van der Waals surface area (Å²) in [6, 6.07) is 1.75. The molecule has 108 valence electrons. The summed E-state index contributed by atoms with van der Waals surface area (Å²) >= 11 is 0. The average Bonchev–Trinajstić information content (AvgIpc) is 3.04. The summed E-state index contributed by atoms with van der Waals surface area (Å²) in [6.07, 6.45) is 4.69. The van der Waals surface area contributed by atoms with E-state index in [1.165, 1.54) is 12.4 Å². The van der Waals surface area contributed by atoms with Crippen LogP contribution in [-0.2, 0) is 13.6 Å². The molecule has 3 heterocycles. The second kappa shape index (κ2) is 5.01. The standard InChI is InChI=1S/C14H15N5O2/c1-4-19-8-11(7-16-19)21-14(20)10-5-12-9(2)17-18(3)13(12)15-6-10/h5-8H,4H2,1-3H3. The fourth-order valence-corrected chi connectivity index (χ4v) is 2.16. The van der Waals surface area contributed by atoms with Crippen molar-refractivity contribution in [2.45, 2.75) is 20.4 Å². The largest absolute Gasteiger partial charge is 0.420 e. The highest BCUT2D eigenvalue weighted by Crippen LogP contribution is 2.18. The molecule has 0 saturated carbocycles. The molecule has 0 spiro atoms. The molecule has 0 saturated heterocycles. The number of nitrogens with zero attached hydrogens (tertiary/aromatic N) is 5. The molecule has 7 heteroatoms. The minimum Gasteiger partial charge on any atom is -0.420 e. The lowest BCUT2D eigenvalue weighted by molar-refractivity contribution is 0.0734. The number of fused-ring (bicyclic) bond motifs is 1. The number of hydrogen-bond acceptors (Lipinski definition) is 5. The lowest BCUT2D eigenvalue weighted by atomic mass is 10.2. The zero-order valence-corrected chi connectivity index (χ0v) is 12.1. The lowest BCUT2D eigenvalue weighted by Crippen LogP contribution is -2.08. The van der Waals surface area contributed by atoms with Crippen LogP contribution >= 0.6 is 0 Å². The Morgan fingerprint density at radius 2 is 2.19 bits per heavy atom. The number of pyridine rings is 1. The molecule has 0 fully saturated rings. The molecule has 0 bridgehead atoms. The number of rotatable bonds is 3. The van der Waals surface area contributed by atoms with Crippen LogP contribution < -0.4 is 4.74 Å². The van der Waals surface area contributed by atoms with Gasteiger partial charge in [0.05, 0.1) is 23.7 Å². The van der Waals surface area contributed by atoms with Crippen LogP contribution in [0.2, 0.25) is 0 Å². The van der Waals surface area contributed by atoms with Gasteiger partial charge in [0.25, 0.3) is 0 Å². The van der Waals surface area contributed by atoms with E-state index in [0.29, 0.717) is 11.3 Å². The maximum atomic E-state index is 12.1. The number of aryl methyl sites for hydroxylation is 3. The number of hydrogen-bond donors (Lipinski definition) is 0. The first kappa shape index (κ1) is 13.3. The molecule has 3 rings (SSSR count). The molecule has 0 aliphatic rings. The molecular formula is C14H15N5O2. The van der Waals surface area contributed by atoms with Crippen LogP contribution in [0.1, 0.15) is 23.0 Å². The SMILES string of the molecule is CCn1cc(OC(=O)c2cnc3c(c2)c(C)nn3C)cn1. The number of aromatic nitrogens is 5. The second-order valence-electron chi connectivity index (χ2n) is 4.73. The van der Waals surface area contributed by atoms with Crippen LogP contribution in [-0.4, -0.2) is 30.5 Å². The van der Waals surface area contributed by atoms with Gasteiger partial charge in [-0.3, -0.25) is 9.36 Å². The third-order valence-corrected chi connectivity index (χ3v) is 3.24. The first-order chi connectivity index (χ1) is 10.1. The zero-order valence-electron chi connectivity index (χ0n) is 12.1. The van der Waals surface area contributed by atoms with Crippen LogP contribution in [0, 0.1) is 6.92 Å². The summed E-state index contributed by atoms with van der Waals surface area (Å²) in [5.74, 6) is -0.0341. The molecule has 0 aromatic carbocycles. The van der Waals surface area contributed by atoms with Gasteiger partial charge in [0, 0.05) is 25.2 Å². The van der Waals surface area contributed by atoms with Gasteiger partial charge in [-0.2, -0.15) is 10.2 Å². The number of ether oxygens (including phenoxy) is 1. The Kier molecular flexibility index (Phi) is 3.17. The summed E-state index contributed by atoms with van der Waals surface area (Å²) in [5.41, 5.74) is 1.96. The van der Waals surface area contributed by atoms with Gasteiger partial charge in [0.15, 0.2) is 11.4 Å². The van der Waals surface area contributed by atoms with E-state index in [-0.39, 0.29) is 0 Å². The molecule has 3 aromatic rings. The van der Waals surface area contributed by atoms with Gasteiger partial charge in [-0.1, -0.05) is 0 Å². The van der Waals surface area contributed by atoms with Gasteiger partial charge in [-0.15, -0.1) is 0 Å². The predicted octanol–water partition coefficient (Wildman–Crippen LogP) is 1.71. The van der Waals surface area contributed by atoms with Crippen LogP contribution in [0.5, 0.6) is 5.75 Å². The van der Waals surface area contributed by atoms with E-state index in [1.807, 2.05) is 20.9 Å². The van der Waals surface area contributed by atoms with E-state index in [0.717, 1.165) is 23.3 Å². The van der Waals surface area contributed by atoms with E-state index in [9.17, 15) is 4.79 Å². The molecule has 21 heavy (non-hydrogen) atoms. The highest BCUT2D eigenvalue weighted by Gasteiger charge is 2.14. The van der Waals surface area contributed by atoms with Crippen LogP contribution in [0.25, 0.3) is 11.0 Å². The Morgan fingerprint density at radius 3 is 2.90 bits per heavy atom. The van der Waals surface area contributed by atoms with Crippen molar-refractivity contribution in [3.05, 3.63) is 35.9 Å². The normalized spacial score (nSPS) is 11.0. The van der Waals surface area contributed by atoms with Crippen LogP contribution in [0.3, 0.4) is 0 Å². The molecule has 0 amide bonds. The molecule has 0 aliphatic heterocycles. The number of carbonyl (C=O) groups excluding carboxylic acids is 1. The van der Waals surface area contributed by atoms with Crippen molar-refractivity contribution in [3.63, 3.8) is 0 Å². The van der Waals surface area contributed by atoms with Crippen molar-refractivity contribution < 1.29 is 9.53 Å². The summed E-state index contributed by atoms with van der Waals surface area (Å²) in [4.78, 5) is 16.4. The van der Waals surface area contributed by atoms with Gasteiger partial charge in [0.1, 0.15) is 0 Å². The van der Waals surface area contributed by atoms with Gasteiger partial charge in [-0.25, -0.2) is 9.78 Å². The van der Waals surface area contributed by atoms with Crippen LogP contribution in [0.15, 0.2) is 24.7 Å². The van der Waals surface area contributed by atoms with Crippen molar-refractivity contribution in [3.8, 4) is 5.75 Å². The summed E-state index contributed by atoms with van der Waals surface area (Å²) in [6.45, 7) is 4.56. The van der Waals surface area contributed by atoms with E-state index >= 15 is 0 Å². The number of carbonyl (C=O) groups is 1. The Bertz CT molecular complexity index is 818. The maximum absolute atomic E-state index is 12.1. The molecule has 7 nitrogen and oxygen atoms in total. The van der Waals surface area contributed by atoms with E-state index < -0.39 is 5.97 Å². The maximum Gasteiger partial charge on any atom is 0.345 e. The first-order valence-electron chi connectivity index (χ1n) is 6.62. The zero-order chi connectivity index (χ0) is 15.0. The summed E-state index contributed by atoms with van der Waals surface area (Å²) in [7, 11) is 1.82. The van der Waals surface area contributed by atoms with Gasteiger partial charge >= 0.3 is 5.97 Å². The van der Waals surface area contributed by atoms with Crippen LogP contribution in [0.4, 0.5) is 0 Å². The van der Waals surface area contributed by atoms with Crippen molar-refractivity contribution in [2.24, 2.45) is 7.05 Å². The van der Waals surface area contributed by atoms with Crippen molar-refractivity contribution >= 4 is 17.0 Å². The molecule has 0 atom stereocenters. The van der Waals surface area contributed by atoms with E-state index in [1.54, 1.807) is 21.6 Å². The third-order valence-electron chi connectivity index (χ3n) is 3.24. The first-order valence-corrected chi connectivity index (χ1v) is 6.62. The Labute approximate surface area is 121 Å². The molecule has 0 N–H and O–H groups in total. The smallest absolute Gasteiger partial charge is 0.345 e. The lowest BCUT2D eigenvalue weighted by Gasteiger charge is -2.01. The highest BCUT2D eigenvalue weighted by molar-refractivity contribution is 5.94. The molecule has 0 radical (unpaired) electrons. The Morgan fingerprint density at radius 1 is 1.38 bits per heavy atom. The molecular weight excluding hydrogens is 270 g/mol. The monoisotopic (exact) mass is 285 g/mol. The fraction of sp³-hybridized carbons (Fsp3) is 0.286. The second-order valence-corrected chi connectivity index (χ2v) is 4.73. The average molecular weight is 285 g/mol.